The molecule has 3 rings (SSSR count). The molecule has 0 saturated carbocycles. The second kappa shape index (κ2) is 7.48. The number of benzene rings is 2. The summed E-state index contributed by atoms with van der Waals surface area (Å²) in [5, 5.41) is 2.63. The Balaban J connectivity index is 2.03. The first-order chi connectivity index (χ1) is 12.6. The van der Waals surface area contributed by atoms with Gasteiger partial charge in [0.2, 0.25) is 0 Å². The van der Waals surface area contributed by atoms with Crippen LogP contribution < -0.4 is 10.9 Å². The van der Waals surface area contributed by atoms with Crippen LogP contribution in [0.15, 0.2) is 71.7 Å². The number of nitrogens with one attached hydrogen (secondary N) is 2. The van der Waals surface area contributed by atoms with Crippen molar-refractivity contribution in [3.05, 3.63) is 88.3 Å². The molecule has 2 aromatic carbocycles. The molecule has 6 nitrogen and oxygen atoms in total. The van der Waals surface area contributed by atoms with Crippen LogP contribution in [0.2, 0.25) is 0 Å². The zero-order valence-electron chi connectivity index (χ0n) is 14.0. The highest BCUT2D eigenvalue weighted by Gasteiger charge is 2.19. The number of hydrogen-bond acceptors (Lipinski definition) is 4. The number of amides is 1. The smallest absolute Gasteiger partial charge is 0.339 e. The molecule has 0 bridgehead atoms. The second-order valence-corrected chi connectivity index (χ2v) is 5.45. The molecule has 0 saturated heterocycles. The summed E-state index contributed by atoms with van der Waals surface area (Å²) in [7, 11) is 1.26. The van der Waals surface area contributed by atoms with E-state index in [1.807, 2.05) is 30.3 Å². The van der Waals surface area contributed by atoms with Crippen molar-refractivity contribution in [3.63, 3.8) is 0 Å². The van der Waals surface area contributed by atoms with E-state index in [-0.39, 0.29) is 16.8 Å². The topological polar surface area (TPSA) is 88.3 Å². The molecule has 0 spiro atoms. The van der Waals surface area contributed by atoms with E-state index in [1.165, 1.54) is 19.4 Å². The Kier molecular flexibility index (Phi) is 4.94. The number of ether oxygens (including phenoxy) is 1. The molecule has 1 amide bonds. The second-order valence-electron chi connectivity index (χ2n) is 5.45. The molecule has 1 heterocycles. The summed E-state index contributed by atoms with van der Waals surface area (Å²) in [4.78, 5) is 39.5. The van der Waals surface area contributed by atoms with Crippen LogP contribution in [0, 0.1) is 0 Å². The highest BCUT2D eigenvalue weighted by atomic mass is 16.5. The van der Waals surface area contributed by atoms with Gasteiger partial charge in [0.25, 0.3) is 11.5 Å². The van der Waals surface area contributed by atoms with Crippen LogP contribution in [0.4, 0.5) is 5.69 Å². The summed E-state index contributed by atoms with van der Waals surface area (Å²) in [6.45, 7) is 0. The molecule has 3 aromatic rings. The van der Waals surface area contributed by atoms with E-state index >= 15 is 0 Å². The summed E-state index contributed by atoms with van der Waals surface area (Å²) in [6, 6.07) is 17.2. The minimum Gasteiger partial charge on any atom is -0.465 e. The largest absolute Gasteiger partial charge is 0.465 e. The zero-order chi connectivity index (χ0) is 18.5. The lowest BCUT2D eigenvalue weighted by molar-refractivity contribution is 0.0602. The van der Waals surface area contributed by atoms with E-state index in [9.17, 15) is 14.4 Å². The minimum atomic E-state index is -0.609. The van der Waals surface area contributed by atoms with Gasteiger partial charge in [0.15, 0.2) is 0 Å². The summed E-state index contributed by atoms with van der Waals surface area (Å²) in [6.07, 6.45) is 1.49. The van der Waals surface area contributed by atoms with Crippen molar-refractivity contribution >= 4 is 17.6 Å². The van der Waals surface area contributed by atoms with Gasteiger partial charge in [-0.15, -0.1) is 0 Å². The first kappa shape index (κ1) is 17.2. The van der Waals surface area contributed by atoms with Crippen LogP contribution in [-0.2, 0) is 4.74 Å². The Bertz CT molecular complexity index is 1010. The Hall–Kier alpha value is -3.67. The Morgan fingerprint density at radius 3 is 2.38 bits per heavy atom. The fourth-order valence-electron chi connectivity index (χ4n) is 2.63. The van der Waals surface area contributed by atoms with Crippen LogP contribution in [0.5, 0.6) is 0 Å². The number of H-pyrrole nitrogens is 1. The van der Waals surface area contributed by atoms with Gasteiger partial charge in [-0.2, -0.15) is 0 Å². The van der Waals surface area contributed by atoms with Crippen molar-refractivity contribution < 1.29 is 14.3 Å². The van der Waals surface area contributed by atoms with Crippen molar-refractivity contribution in [1.82, 2.24) is 4.98 Å². The summed E-state index contributed by atoms with van der Waals surface area (Å²) in [5.41, 5.74) is 1.17. The monoisotopic (exact) mass is 348 g/mol. The number of aromatic amines is 1. The van der Waals surface area contributed by atoms with Crippen LogP contribution >= 0.6 is 0 Å². The number of carbonyl (C=O) groups is 2. The molecular weight excluding hydrogens is 332 g/mol. The number of para-hydroxylation sites is 1. The molecular formula is C20H16N2O4. The first-order valence-electron chi connectivity index (χ1n) is 7.87. The van der Waals surface area contributed by atoms with Crippen LogP contribution in [-0.4, -0.2) is 24.0 Å². The average Bonchev–Trinajstić information content (AvgIpc) is 2.68. The van der Waals surface area contributed by atoms with E-state index < -0.39 is 17.4 Å². The van der Waals surface area contributed by atoms with E-state index in [2.05, 4.69) is 10.3 Å². The molecule has 26 heavy (non-hydrogen) atoms. The quantitative estimate of drug-likeness (QED) is 0.709. The standard InChI is InChI=1S/C20H16N2O4/c1-26-20(25)15-9-5-6-10-16(15)22-19(24)17-14(11-12-21-18(17)23)13-7-3-2-4-8-13/h2-12H,1H3,(H,21,23)(H,22,24). The van der Waals surface area contributed by atoms with Crippen molar-refractivity contribution in [2.75, 3.05) is 12.4 Å². The lowest BCUT2D eigenvalue weighted by atomic mass is 10.0. The molecule has 1 aromatic heterocycles. The molecule has 0 aliphatic carbocycles. The fourth-order valence-corrected chi connectivity index (χ4v) is 2.63. The third-order valence-corrected chi connectivity index (χ3v) is 3.85. The van der Waals surface area contributed by atoms with E-state index in [0.29, 0.717) is 5.56 Å². The van der Waals surface area contributed by atoms with Gasteiger partial charge in [-0.05, 0) is 23.8 Å². The molecule has 0 aliphatic rings. The predicted molar refractivity (Wildman–Crippen MR) is 98.2 cm³/mol. The van der Waals surface area contributed by atoms with Gasteiger partial charge in [-0.1, -0.05) is 42.5 Å². The Morgan fingerprint density at radius 2 is 1.65 bits per heavy atom. The fraction of sp³-hybridized carbons (Fsp3) is 0.0500. The SMILES string of the molecule is COC(=O)c1ccccc1NC(=O)c1c(-c2ccccc2)cc[nH]c1=O. The maximum Gasteiger partial charge on any atom is 0.339 e. The lowest BCUT2D eigenvalue weighted by Crippen LogP contribution is -2.25. The van der Waals surface area contributed by atoms with Gasteiger partial charge in [0.05, 0.1) is 18.4 Å². The number of pyridine rings is 1. The van der Waals surface area contributed by atoms with Gasteiger partial charge < -0.3 is 15.0 Å². The number of aromatic nitrogens is 1. The highest BCUT2D eigenvalue weighted by molar-refractivity contribution is 6.10. The number of esters is 1. The first-order valence-corrected chi connectivity index (χ1v) is 7.87. The molecule has 2 N–H and O–H groups in total. The molecule has 0 aliphatic heterocycles. The summed E-state index contributed by atoms with van der Waals surface area (Å²) < 4.78 is 4.72. The van der Waals surface area contributed by atoms with E-state index in [0.717, 1.165) is 5.56 Å². The maximum absolute atomic E-state index is 12.8. The Labute approximate surface area is 149 Å². The highest BCUT2D eigenvalue weighted by Crippen LogP contribution is 2.23. The van der Waals surface area contributed by atoms with Crippen molar-refractivity contribution in [2.24, 2.45) is 0 Å². The third kappa shape index (κ3) is 3.39. The van der Waals surface area contributed by atoms with Gasteiger partial charge in [0, 0.05) is 11.8 Å². The van der Waals surface area contributed by atoms with Crippen molar-refractivity contribution in [3.8, 4) is 11.1 Å². The normalized spacial score (nSPS) is 10.2. The molecule has 0 unspecified atom stereocenters. The number of hydrogen-bond donors (Lipinski definition) is 2. The molecule has 0 radical (unpaired) electrons. The summed E-state index contributed by atoms with van der Waals surface area (Å²) >= 11 is 0. The van der Waals surface area contributed by atoms with E-state index in [1.54, 1.807) is 24.3 Å². The number of methoxy groups -OCH3 is 1. The van der Waals surface area contributed by atoms with Crippen LogP contribution in [0.3, 0.4) is 0 Å². The van der Waals surface area contributed by atoms with Gasteiger partial charge in [0.1, 0.15) is 5.56 Å². The van der Waals surface area contributed by atoms with Crippen molar-refractivity contribution in [1.29, 1.82) is 0 Å². The van der Waals surface area contributed by atoms with Gasteiger partial charge in [-0.25, -0.2) is 4.79 Å². The minimum absolute atomic E-state index is 0.0293. The molecule has 6 heteroatoms. The predicted octanol–water partition coefficient (Wildman–Crippen LogP) is 3.08. The zero-order valence-corrected chi connectivity index (χ0v) is 14.0. The number of rotatable bonds is 4. The average molecular weight is 348 g/mol. The van der Waals surface area contributed by atoms with Crippen molar-refractivity contribution in [2.45, 2.75) is 0 Å². The number of carbonyl (C=O) groups excluding carboxylic acids is 2. The molecule has 0 atom stereocenters. The lowest BCUT2D eigenvalue weighted by Gasteiger charge is -2.12. The van der Waals surface area contributed by atoms with E-state index in [4.69, 9.17) is 4.74 Å². The maximum atomic E-state index is 12.8. The van der Waals surface area contributed by atoms with Crippen LogP contribution in [0.1, 0.15) is 20.7 Å². The Morgan fingerprint density at radius 1 is 0.962 bits per heavy atom. The number of anilines is 1. The third-order valence-electron chi connectivity index (χ3n) is 3.85. The molecule has 0 fully saturated rings. The summed E-state index contributed by atoms with van der Waals surface area (Å²) in [5.74, 6) is -1.19. The van der Waals surface area contributed by atoms with Gasteiger partial charge >= 0.3 is 5.97 Å². The van der Waals surface area contributed by atoms with Crippen LogP contribution in [0.25, 0.3) is 11.1 Å². The van der Waals surface area contributed by atoms with Gasteiger partial charge in [-0.3, -0.25) is 9.59 Å². The molecule has 130 valence electrons.